The summed E-state index contributed by atoms with van der Waals surface area (Å²) in [7, 11) is 0. The van der Waals surface area contributed by atoms with E-state index >= 15 is 0 Å². The maximum absolute atomic E-state index is 12.2. The van der Waals surface area contributed by atoms with Crippen molar-refractivity contribution in [2.24, 2.45) is 5.10 Å². The van der Waals surface area contributed by atoms with Gasteiger partial charge in [-0.1, -0.05) is 77.4 Å². The zero-order valence-corrected chi connectivity index (χ0v) is 19.0. The van der Waals surface area contributed by atoms with Crippen molar-refractivity contribution in [3.63, 3.8) is 0 Å². The van der Waals surface area contributed by atoms with Gasteiger partial charge in [0, 0.05) is 10.6 Å². The van der Waals surface area contributed by atoms with Crippen LogP contribution < -0.4 is 10.2 Å². The van der Waals surface area contributed by atoms with E-state index in [-0.39, 0.29) is 11.7 Å². The summed E-state index contributed by atoms with van der Waals surface area (Å²) in [5.74, 6) is 0.213. The molecule has 0 aliphatic rings. The van der Waals surface area contributed by atoms with Crippen molar-refractivity contribution in [2.45, 2.75) is 11.8 Å². The normalized spacial score (nSPS) is 11.2. The van der Waals surface area contributed by atoms with E-state index in [2.05, 4.69) is 15.5 Å². The molecule has 4 aromatic rings. The third-order valence-corrected chi connectivity index (χ3v) is 5.58. The number of carbonyl (C=O) groups excluding carboxylic acids is 1. The molecule has 0 aliphatic heterocycles. The summed E-state index contributed by atoms with van der Waals surface area (Å²) in [6.07, 6.45) is 1.44. The Balaban J connectivity index is 1.37. The molecular weight excluding hydrogens is 469 g/mol. The Bertz CT molecular complexity index is 1230. The zero-order valence-electron chi connectivity index (χ0n) is 16.6. The van der Waals surface area contributed by atoms with Crippen LogP contribution in [-0.2, 0) is 11.4 Å². The first kappa shape index (κ1) is 22.2. The highest BCUT2D eigenvalue weighted by Gasteiger charge is 2.11. The number of thioether (sulfide) groups is 1. The second-order valence-electron chi connectivity index (χ2n) is 6.61. The van der Waals surface area contributed by atoms with E-state index in [9.17, 15) is 4.79 Å². The minimum atomic E-state index is -0.312. The maximum atomic E-state index is 12.2. The maximum Gasteiger partial charge on any atom is 0.257 e. The van der Waals surface area contributed by atoms with Gasteiger partial charge in [0.25, 0.3) is 11.1 Å². The molecule has 162 valence electrons. The molecule has 32 heavy (non-hydrogen) atoms. The third-order valence-electron chi connectivity index (χ3n) is 4.26. The average Bonchev–Trinajstić information content (AvgIpc) is 3.21. The fourth-order valence-corrected chi connectivity index (χ4v) is 4.00. The first-order chi connectivity index (χ1) is 15.6. The molecule has 0 saturated carbocycles. The number of rotatable bonds is 8. The summed E-state index contributed by atoms with van der Waals surface area (Å²) >= 11 is 13.6. The molecule has 0 saturated heterocycles. The highest BCUT2D eigenvalue weighted by molar-refractivity contribution is 7.99. The standard InChI is InChI=1S/C23H17Cl2N3O3S/c24-17-10-16(22(18(25)11-17)30-13-15-6-2-1-3-7-15)12-26-28-21(29)14-32-23-27-19-8-4-5-9-20(19)31-23/h1-12H,13-14H2,(H,28,29)/b26-12-. The number of hydrogen-bond acceptors (Lipinski definition) is 6. The van der Waals surface area contributed by atoms with Gasteiger partial charge in [-0.05, 0) is 29.8 Å². The van der Waals surface area contributed by atoms with Crippen LogP contribution >= 0.6 is 35.0 Å². The topological polar surface area (TPSA) is 76.7 Å². The van der Waals surface area contributed by atoms with Crippen LogP contribution in [0.4, 0.5) is 0 Å². The summed E-state index contributed by atoms with van der Waals surface area (Å²) < 4.78 is 11.5. The van der Waals surface area contributed by atoms with Crippen molar-refractivity contribution < 1.29 is 13.9 Å². The molecule has 1 aromatic heterocycles. The Morgan fingerprint density at radius 3 is 2.72 bits per heavy atom. The highest BCUT2D eigenvalue weighted by atomic mass is 35.5. The number of para-hydroxylation sites is 2. The lowest BCUT2D eigenvalue weighted by Crippen LogP contribution is -2.19. The number of amides is 1. The van der Waals surface area contributed by atoms with Gasteiger partial charge in [-0.15, -0.1) is 0 Å². The average molecular weight is 486 g/mol. The lowest BCUT2D eigenvalue weighted by atomic mass is 10.2. The van der Waals surface area contributed by atoms with Crippen molar-refractivity contribution in [3.05, 3.63) is 87.9 Å². The summed E-state index contributed by atoms with van der Waals surface area (Å²) in [5, 5.41) is 5.21. The third kappa shape index (κ3) is 5.82. The van der Waals surface area contributed by atoms with Gasteiger partial charge in [0.2, 0.25) is 0 Å². The fourth-order valence-electron chi connectivity index (χ4n) is 2.80. The van der Waals surface area contributed by atoms with Gasteiger partial charge in [0.1, 0.15) is 17.9 Å². The summed E-state index contributed by atoms with van der Waals surface area (Å²) in [4.78, 5) is 16.5. The molecule has 0 spiro atoms. The molecule has 0 aliphatic carbocycles. The fraction of sp³-hybridized carbons (Fsp3) is 0.0870. The Labute approximate surface area is 198 Å². The number of aromatic nitrogens is 1. The number of halogens is 2. The van der Waals surface area contributed by atoms with E-state index in [0.29, 0.717) is 38.8 Å². The van der Waals surface area contributed by atoms with Crippen LogP contribution in [0.5, 0.6) is 5.75 Å². The summed E-state index contributed by atoms with van der Waals surface area (Å²) in [5.41, 5.74) is 5.43. The van der Waals surface area contributed by atoms with Gasteiger partial charge in [0.15, 0.2) is 5.58 Å². The minimum Gasteiger partial charge on any atom is -0.487 e. The number of nitrogens with one attached hydrogen (secondary N) is 1. The number of hydrazone groups is 1. The molecule has 4 rings (SSSR count). The summed E-state index contributed by atoms with van der Waals surface area (Å²) in [6, 6.07) is 20.4. The largest absolute Gasteiger partial charge is 0.487 e. The Morgan fingerprint density at radius 1 is 1.12 bits per heavy atom. The van der Waals surface area contributed by atoms with Crippen molar-refractivity contribution in [1.29, 1.82) is 0 Å². The van der Waals surface area contributed by atoms with E-state index in [1.807, 2.05) is 54.6 Å². The van der Waals surface area contributed by atoms with Gasteiger partial charge in [0.05, 0.1) is 17.0 Å². The first-order valence-electron chi connectivity index (χ1n) is 9.54. The van der Waals surface area contributed by atoms with Crippen LogP contribution in [-0.4, -0.2) is 22.9 Å². The lowest BCUT2D eigenvalue weighted by Gasteiger charge is -2.11. The number of hydrogen-bond donors (Lipinski definition) is 1. The molecule has 0 bridgehead atoms. The van der Waals surface area contributed by atoms with Crippen LogP contribution in [0.15, 0.2) is 81.5 Å². The molecule has 0 fully saturated rings. The molecular formula is C23H17Cl2N3O3S. The monoisotopic (exact) mass is 485 g/mol. The van der Waals surface area contributed by atoms with Gasteiger partial charge < -0.3 is 9.15 Å². The molecule has 0 radical (unpaired) electrons. The van der Waals surface area contributed by atoms with Crippen LogP contribution in [0.2, 0.25) is 10.0 Å². The quantitative estimate of drug-likeness (QED) is 0.189. The number of nitrogens with zero attached hydrogens (tertiary/aromatic N) is 2. The number of ether oxygens (including phenoxy) is 1. The molecule has 1 amide bonds. The van der Waals surface area contributed by atoms with Crippen LogP contribution in [0.1, 0.15) is 11.1 Å². The Kier molecular flexibility index (Phi) is 7.32. The predicted molar refractivity (Wildman–Crippen MR) is 128 cm³/mol. The Hall–Kier alpha value is -3.00. The number of oxazole rings is 1. The van der Waals surface area contributed by atoms with Gasteiger partial charge in [-0.2, -0.15) is 5.10 Å². The van der Waals surface area contributed by atoms with Crippen LogP contribution in [0.3, 0.4) is 0 Å². The highest BCUT2D eigenvalue weighted by Crippen LogP contribution is 2.32. The van der Waals surface area contributed by atoms with E-state index in [4.69, 9.17) is 32.4 Å². The van der Waals surface area contributed by atoms with Crippen LogP contribution in [0, 0.1) is 0 Å². The van der Waals surface area contributed by atoms with Crippen molar-refractivity contribution in [3.8, 4) is 5.75 Å². The zero-order chi connectivity index (χ0) is 22.3. The molecule has 0 unspecified atom stereocenters. The van der Waals surface area contributed by atoms with Crippen molar-refractivity contribution in [1.82, 2.24) is 10.4 Å². The van der Waals surface area contributed by atoms with E-state index in [1.165, 1.54) is 18.0 Å². The van der Waals surface area contributed by atoms with Crippen molar-refractivity contribution >= 4 is 58.2 Å². The molecule has 3 aromatic carbocycles. The van der Waals surface area contributed by atoms with Gasteiger partial charge >= 0.3 is 0 Å². The molecule has 1 N–H and O–H groups in total. The molecule has 6 nitrogen and oxygen atoms in total. The number of carbonyl (C=O) groups is 1. The smallest absolute Gasteiger partial charge is 0.257 e. The number of fused-ring (bicyclic) bond motifs is 1. The van der Waals surface area contributed by atoms with Crippen LogP contribution in [0.25, 0.3) is 11.1 Å². The van der Waals surface area contributed by atoms with Gasteiger partial charge in [-0.3, -0.25) is 4.79 Å². The molecule has 0 atom stereocenters. The SMILES string of the molecule is O=C(CSc1nc2ccccc2o1)N/N=C\c1cc(Cl)cc(Cl)c1OCc1ccccc1. The summed E-state index contributed by atoms with van der Waals surface area (Å²) in [6.45, 7) is 0.330. The second kappa shape index (κ2) is 10.5. The first-order valence-corrected chi connectivity index (χ1v) is 11.3. The second-order valence-corrected chi connectivity index (χ2v) is 8.38. The van der Waals surface area contributed by atoms with Crippen molar-refractivity contribution in [2.75, 3.05) is 5.75 Å². The minimum absolute atomic E-state index is 0.0951. The predicted octanol–water partition coefficient (Wildman–Crippen LogP) is 5.96. The lowest BCUT2D eigenvalue weighted by molar-refractivity contribution is -0.118. The van der Waals surface area contributed by atoms with E-state index in [0.717, 1.165) is 11.1 Å². The van der Waals surface area contributed by atoms with Gasteiger partial charge in [-0.25, -0.2) is 10.4 Å². The van der Waals surface area contributed by atoms with E-state index < -0.39 is 0 Å². The molecule has 1 heterocycles. The molecule has 9 heteroatoms. The Morgan fingerprint density at radius 2 is 1.91 bits per heavy atom. The van der Waals surface area contributed by atoms with E-state index in [1.54, 1.807) is 12.1 Å². The number of benzene rings is 3.